The number of aliphatic hydroxyl groups is 1. The molecule has 1 aliphatic rings. The maximum atomic E-state index is 10.6. The molecule has 0 aliphatic carbocycles. The van der Waals surface area contributed by atoms with Gasteiger partial charge in [-0.25, -0.2) is 0 Å². The van der Waals surface area contributed by atoms with E-state index in [0.29, 0.717) is 6.42 Å². The first-order chi connectivity index (χ1) is 9.59. The van der Waals surface area contributed by atoms with Crippen LogP contribution in [-0.2, 0) is 6.42 Å². The van der Waals surface area contributed by atoms with Crippen molar-refractivity contribution in [1.82, 2.24) is 9.80 Å². The van der Waals surface area contributed by atoms with Crippen molar-refractivity contribution in [3.63, 3.8) is 0 Å². The number of nitrogens with two attached hydrogens (primary N) is 1. The van der Waals surface area contributed by atoms with Crippen LogP contribution in [0.1, 0.15) is 12.5 Å². The normalized spacial score (nSPS) is 20.8. The third-order valence-electron chi connectivity index (χ3n) is 3.90. The quantitative estimate of drug-likeness (QED) is 0.798. The Labute approximate surface area is 122 Å². The molecule has 1 atom stereocenters. The molecule has 0 saturated carbocycles. The highest BCUT2D eigenvalue weighted by Gasteiger charge is 2.26. The van der Waals surface area contributed by atoms with Gasteiger partial charge in [-0.3, -0.25) is 9.80 Å². The van der Waals surface area contributed by atoms with Crippen molar-refractivity contribution in [1.29, 1.82) is 0 Å². The van der Waals surface area contributed by atoms with E-state index in [1.807, 2.05) is 25.1 Å². The Morgan fingerprint density at radius 3 is 2.30 bits per heavy atom. The summed E-state index contributed by atoms with van der Waals surface area (Å²) in [6.45, 7) is 8.53. The summed E-state index contributed by atoms with van der Waals surface area (Å²) in [5, 5.41) is 10.6. The Morgan fingerprint density at radius 2 is 1.70 bits per heavy atom. The second kappa shape index (κ2) is 7.18. The molecule has 2 rings (SSSR count). The van der Waals surface area contributed by atoms with Gasteiger partial charge in [0.15, 0.2) is 0 Å². The molecule has 112 valence electrons. The topological polar surface area (TPSA) is 52.7 Å². The van der Waals surface area contributed by atoms with Crippen molar-refractivity contribution in [2.45, 2.75) is 18.9 Å². The molecule has 1 aromatic carbocycles. The summed E-state index contributed by atoms with van der Waals surface area (Å²) in [5.74, 6) is 0. The Bertz CT molecular complexity index is 386. The van der Waals surface area contributed by atoms with Crippen molar-refractivity contribution in [2.24, 2.45) is 5.73 Å². The smallest absolute Gasteiger partial charge is 0.0786 e. The van der Waals surface area contributed by atoms with Crippen LogP contribution in [0, 0.1) is 0 Å². The summed E-state index contributed by atoms with van der Waals surface area (Å²) in [4.78, 5) is 4.75. The lowest BCUT2D eigenvalue weighted by Gasteiger charge is -2.38. The fourth-order valence-electron chi connectivity index (χ4n) is 2.93. The summed E-state index contributed by atoms with van der Waals surface area (Å²) in [5.41, 5.74) is 6.11. The summed E-state index contributed by atoms with van der Waals surface area (Å²) in [7, 11) is 0. The van der Waals surface area contributed by atoms with Gasteiger partial charge >= 0.3 is 0 Å². The maximum Gasteiger partial charge on any atom is 0.0786 e. The first kappa shape index (κ1) is 15.4. The predicted octanol–water partition coefficient (Wildman–Crippen LogP) is 0.556. The van der Waals surface area contributed by atoms with E-state index >= 15 is 0 Å². The molecule has 4 nitrogen and oxygen atoms in total. The standard InChI is InChI=1S/C16H27N3O/c1-16(20,13-15-5-3-2-4-6-15)14-19-11-9-18(8-7-17)10-12-19/h2-6,20H,7-14,17H2,1H3. The Balaban J connectivity index is 1.80. The van der Waals surface area contributed by atoms with E-state index in [0.717, 1.165) is 45.8 Å². The molecule has 0 bridgehead atoms. The molecule has 20 heavy (non-hydrogen) atoms. The van der Waals surface area contributed by atoms with Gasteiger partial charge in [0.2, 0.25) is 0 Å². The summed E-state index contributed by atoms with van der Waals surface area (Å²) in [6, 6.07) is 10.2. The highest BCUT2D eigenvalue weighted by atomic mass is 16.3. The number of β-amino-alcohol motifs (C(OH)–C–C–N with tert-alkyl or cyclic N) is 1. The monoisotopic (exact) mass is 277 g/mol. The van der Waals surface area contributed by atoms with Crippen LogP contribution in [0.25, 0.3) is 0 Å². The van der Waals surface area contributed by atoms with Crippen molar-refractivity contribution in [3.8, 4) is 0 Å². The van der Waals surface area contributed by atoms with E-state index in [9.17, 15) is 5.11 Å². The lowest BCUT2D eigenvalue weighted by Crippen LogP contribution is -2.52. The number of hydrogen-bond donors (Lipinski definition) is 2. The fraction of sp³-hybridized carbons (Fsp3) is 0.625. The van der Waals surface area contributed by atoms with E-state index in [2.05, 4.69) is 21.9 Å². The van der Waals surface area contributed by atoms with Crippen molar-refractivity contribution in [3.05, 3.63) is 35.9 Å². The van der Waals surface area contributed by atoms with E-state index in [1.165, 1.54) is 5.56 Å². The third kappa shape index (κ3) is 4.87. The number of nitrogens with zero attached hydrogens (tertiary/aromatic N) is 2. The lowest BCUT2D eigenvalue weighted by atomic mass is 9.95. The van der Waals surface area contributed by atoms with Crippen LogP contribution in [0.4, 0.5) is 0 Å². The second-order valence-corrected chi connectivity index (χ2v) is 6.07. The maximum absolute atomic E-state index is 10.6. The second-order valence-electron chi connectivity index (χ2n) is 6.07. The van der Waals surface area contributed by atoms with Gasteiger partial charge in [-0.1, -0.05) is 30.3 Å². The molecule has 0 spiro atoms. The van der Waals surface area contributed by atoms with Crippen LogP contribution >= 0.6 is 0 Å². The third-order valence-corrected chi connectivity index (χ3v) is 3.90. The van der Waals surface area contributed by atoms with Crippen LogP contribution < -0.4 is 5.73 Å². The van der Waals surface area contributed by atoms with E-state index in [-0.39, 0.29) is 0 Å². The van der Waals surface area contributed by atoms with E-state index in [4.69, 9.17) is 5.73 Å². The highest BCUT2D eigenvalue weighted by Crippen LogP contribution is 2.15. The molecular weight excluding hydrogens is 250 g/mol. The molecule has 0 radical (unpaired) electrons. The van der Waals surface area contributed by atoms with Gasteiger partial charge in [0.25, 0.3) is 0 Å². The first-order valence-corrected chi connectivity index (χ1v) is 7.50. The number of piperazine rings is 1. The zero-order chi connectivity index (χ0) is 14.4. The molecule has 1 fully saturated rings. The van der Waals surface area contributed by atoms with Crippen molar-refractivity contribution < 1.29 is 5.11 Å². The Hall–Kier alpha value is -0.940. The van der Waals surface area contributed by atoms with Crippen LogP contribution in [0.2, 0.25) is 0 Å². The Morgan fingerprint density at radius 1 is 1.10 bits per heavy atom. The van der Waals surface area contributed by atoms with Crippen molar-refractivity contribution >= 4 is 0 Å². The largest absolute Gasteiger partial charge is 0.388 e. The highest BCUT2D eigenvalue weighted by molar-refractivity contribution is 5.16. The van der Waals surface area contributed by atoms with Gasteiger partial charge in [-0.05, 0) is 12.5 Å². The van der Waals surface area contributed by atoms with Crippen LogP contribution in [-0.4, -0.2) is 66.3 Å². The molecule has 1 unspecified atom stereocenters. The molecule has 1 aliphatic heterocycles. The zero-order valence-corrected chi connectivity index (χ0v) is 12.5. The number of benzene rings is 1. The van der Waals surface area contributed by atoms with Gasteiger partial charge in [0.1, 0.15) is 0 Å². The van der Waals surface area contributed by atoms with Crippen LogP contribution in [0.15, 0.2) is 30.3 Å². The van der Waals surface area contributed by atoms with Gasteiger partial charge in [-0.15, -0.1) is 0 Å². The minimum Gasteiger partial charge on any atom is -0.388 e. The summed E-state index contributed by atoms with van der Waals surface area (Å²) < 4.78 is 0. The van der Waals surface area contributed by atoms with Crippen LogP contribution in [0.5, 0.6) is 0 Å². The Kier molecular flexibility index (Phi) is 5.54. The molecule has 0 aromatic heterocycles. The van der Waals surface area contributed by atoms with E-state index in [1.54, 1.807) is 0 Å². The average Bonchev–Trinajstić information content (AvgIpc) is 2.41. The molecule has 1 heterocycles. The van der Waals surface area contributed by atoms with Gasteiger partial charge in [-0.2, -0.15) is 0 Å². The molecule has 1 saturated heterocycles. The zero-order valence-electron chi connectivity index (χ0n) is 12.5. The molecule has 0 amide bonds. The summed E-state index contributed by atoms with van der Waals surface area (Å²) >= 11 is 0. The van der Waals surface area contributed by atoms with Gasteiger partial charge in [0, 0.05) is 52.2 Å². The summed E-state index contributed by atoms with van der Waals surface area (Å²) in [6.07, 6.45) is 0.705. The minimum atomic E-state index is -0.669. The molecule has 4 heteroatoms. The van der Waals surface area contributed by atoms with Gasteiger partial charge < -0.3 is 10.8 Å². The lowest BCUT2D eigenvalue weighted by molar-refractivity contribution is 0.00476. The molecule has 3 N–H and O–H groups in total. The van der Waals surface area contributed by atoms with Gasteiger partial charge in [0.05, 0.1) is 5.60 Å². The van der Waals surface area contributed by atoms with Crippen LogP contribution in [0.3, 0.4) is 0 Å². The molecule has 1 aromatic rings. The predicted molar refractivity (Wildman–Crippen MR) is 82.7 cm³/mol. The molecular formula is C16H27N3O. The SMILES string of the molecule is CC(O)(Cc1ccccc1)CN1CCN(CCN)CC1. The van der Waals surface area contributed by atoms with Crippen molar-refractivity contribution in [2.75, 3.05) is 45.8 Å². The van der Waals surface area contributed by atoms with E-state index < -0.39 is 5.60 Å². The first-order valence-electron chi connectivity index (χ1n) is 7.50. The number of rotatable bonds is 6. The average molecular weight is 277 g/mol. The number of hydrogen-bond acceptors (Lipinski definition) is 4. The fourth-order valence-corrected chi connectivity index (χ4v) is 2.93. The minimum absolute atomic E-state index is 0.669.